The largest absolute Gasteiger partial charge is 0.444 e. The lowest BCUT2D eigenvalue weighted by atomic mass is 9.95. The van der Waals surface area contributed by atoms with Crippen LogP contribution in [-0.4, -0.2) is 42.5 Å². The lowest BCUT2D eigenvalue weighted by Gasteiger charge is -2.24. The Kier molecular flexibility index (Phi) is 9.62. The summed E-state index contributed by atoms with van der Waals surface area (Å²) in [5.74, 6) is 0.805. The van der Waals surface area contributed by atoms with Crippen LogP contribution in [0.15, 0.2) is 0 Å². The molecule has 0 aliphatic carbocycles. The van der Waals surface area contributed by atoms with Crippen LogP contribution in [0.1, 0.15) is 54.4 Å². The minimum absolute atomic E-state index is 0.227. The maximum Gasteiger partial charge on any atom is 0.407 e. The topological polar surface area (TPSA) is 70.6 Å². The van der Waals surface area contributed by atoms with Gasteiger partial charge in [0.15, 0.2) is 0 Å². The Bertz CT molecular complexity index is 288. The molecule has 1 amide bonds. The molecule has 0 heterocycles. The van der Waals surface area contributed by atoms with E-state index < -0.39 is 5.60 Å². The Labute approximate surface area is 129 Å². The van der Waals surface area contributed by atoms with Crippen LogP contribution in [0.5, 0.6) is 0 Å². The number of aliphatic hydroxyl groups excluding tert-OH is 1. The third-order valence-corrected chi connectivity index (χ3v) is 3.38. The average molecular weight is 302 g/mol. The van der Waals surface area contributed by atoms with E-state index in [1.54, 1.807) is 0 Å². The van der Waals surface area contributed by atoms with Gasteiger partial charge in [-0.2, -0.15) is 0 Å². The van der Waals surface area contributed by atoms with E-state index in [0.29, 0.717) is 18.4 Å². The number of alkyl carbamates (subject to hydrolysis) is 1. The fourth-order valence-corrected chi connectivity index (χ4v) is 1.83. The first-order valence-electron chi connectivity index (χ1n) is 8.01. The molecule has 2 unspecified atom stereocenters. The highest BCUT2D eigenvalue weighted by Gasteiger charge is 2.18. The van der Waals surface area contributed by atoms with Crippen LogP contribution in [0.4, 0.5) is 4.79 Å². The maximum absolute atomic E-state index is 11.7. The minimum Gasteiger partial charge on any atom is -0.444 e. The highest BCUT2D eigenvalue weighted by atomic mass is 16.6. The van der Waals surface area contributed by atoms with Crippen molar-refractivity contribution in [1.29, 1.82) is 0 Å². The van der Waals surface area contributed by atoms with Gasteiger partial charge in [0.2, 0.25) is 0 Å². The van der Waals surface area contributed by atoms with E-state index in [4.69, 9.17) is 4.74 Å². The molecule has 126 valence electrons. The predicted molar refractivity (Wildman–Crippen MR) is 86.3 cm³/mol. The van der Waals surface area contributed by atoms with Gasteiger partial charge in [0.1, 0.15) is 5.60 Å². The summed E-state index contributed by atoms with van der Waals surface area (Å²) in [4.78, 5) is 11.7. The van der Waals surface area contributed by atoms with Crippen LogP contribution < -0.4 is 10.6 Å². The summed E-state index contributed by atoms with van der Waals surface area (Å²) in [7, 11) is 0. The molecule has 2 atom stereocenters. The van der Waals surface area contributed by atoms with Crippen LogP contribution in [0, 0.1) is 11.8 Å². The van der Waals surface area contributed by atoms with Crippen molar-refractivity contribution >= 4 is 6.09 Å². The van der Waals surface area contributed by atoms with E-state index in [-0.39, 0.29) is 12.2 Å². The molecule has 0 aromatic carbocycles. The van der Waals surface area contributed by atoms with Crippen LogP contribution in [0.3, 0.4) is 0 Å². The number of ether oxygens (including phenoxy) is 1. The standard InChI is InChI=1S/C16H34N2O3/c1-7-14(19)8-9-17-10-13(12(2)3)11-18-15(20)21-16(4,5)6/h12-14,17,19H,7-11H2,1-6H3,(H,18,20). The van der Waals surface area contributed by atoms with Gasteiger partial charge in [0.05, 0.1) is 6.10 Å². The van der Waals surface area contributed by atoms with Gasteiger partial charge in [0, 0.05) is 6.54 Å². The molecule has 5 heteroatoms. The molecule has 3 N–H and O–H groups in total. The first-order chi connectivity index (χ1) is 9.65. The minimum atomic E-state index is -0.466. The van der Waals surface area contributed by atoms with Crippen LogP contribution in [0.25, 0.3) is 0 Å². The van der Waals surface area contributed by atoms with Gasteiger partial charge in [0.25, 0.3) is 0 Å². The van der Waals surface area contributed by atoms with Gasteiger partial charge < -0.3 is 20.5 Å². The van der Waals surface area contributed by atoms with E-state index >= 15 is 0 Å². The van der Waals surface area contributed by atoms with Crippen molar-refractivity contribution in [1.82, 2.24) is 10.6 Å². The summed E-state index contributed by atoms with van der Waals surface area (Å²) in [6, 6.07) is 0. The fraction of sp³-hybridized carbons (Fsp3) is 0.938. The van der Waals surface area contributed by atoms with Crippen molar-refractivity contribution < 1.29 is 14.6 Å². The van der Waals surface area contributed by atoms with E-state index in [0.717, 1.165) is 25.9 Å². The second kappa shape index (κ2) is 10.0. The van der Waals surface area contributed by atoms with Crippen molar-refractivity contribution in [3.63, 3.8) is 0 Å². The van der Waals surface area contributed by atoms with Crippen LogP contribution in [0.2, 0.25) is 0 Å². The molecular weight excluding hydrogens is 268 g/mol. The lowest BCUT2D eigenvalue weighted by Crippen LogP contribution is -2.40. The van der Waals surface area contributed by atoms with Gasteiger partial charge in [-0.1, -0.05) is 20.8 Å². The molecule has 0 fully saturated rings. The lowest BCUT2D eigenvalue weighted by molar-refractivity contribution is 0.0515. The number of amides is 1. The molecule has 0 aliphatic rings. The van der Waals surface area contributed by atoms with Crippen LogP contribution in [-0.2, 0) is 4.74 Å². The SMILES string of the molecule is CCC(O)CCNCC(CNC(=O)OC(C)(C)C)C(C)C. The average Bonchev–Trinajstić information content (AvgIpc) is 2.34. The van der Waals surface area contributed by atoms with Gasteiger partial charge in [-0.25, -0.2) is 4.79 Å². The normalized spacial score (nSPS) is 14.9. The molecule has 0 spiro atoms. The Morgan fingerprint density at radius 2 is 1.86 bits per heavy atom. The zero-order valence-electron chi connectivity index (χ0n) is 14.5. The van der Waals surface area contributed by atoms with Gasteiger partial charge >= 0.3 is 6.09 Å². The Morgan fingerprint density at radius 1 is 1.24 bits per heavy atom. The van der Waals surface area contributed by atoms with Crippen molar-refractivity contribution in [3.05, 3.63) is 0 Å². The van der Waals surface area contributed by atoms with Crippen molar-refractivity contribution in [2.24, 2.45) is 11.8 Å². The Morgan fingerprint density at radius 3 is 2.33 bits per heavy atom. The van der Waals surface area contributed by atoms with Gasteiger partial charge in [-0.3, -0.25) is 0 Å². The maximum atomic E-state index is 11.7. The molecule has 0 aromatic heterocycles. The molecule has 0 saturated heterocycles. The molecule has 21 heavy (non-hydrogen) atoms. The first-order valence-corrected chi connectivity index (χ1v) is 8.01. The van der Waals surface area contributed by atoms with E-state index in [1.807, 2.05) is 27.7 Å². The summed E-state index contributed by atoms with van der Waals surface area (Å²) in [6.45, 7) is 14.0. The fourth-order valence-electron chi connectivity index (χ4n) is 1.83. The number of hydrogen-bond acceptors (Lipinski definition) is 4. The molecule has 0 radical (unpaired) electrons. The molecule has 0 aromatic rings. The van der Waals surface area contributed by atoms with Gasteiger partial charge in [-0.05, 0) is 58.5 Å². The highest BCUT2D eigenvalue weighted by molar-refractivity contribution is 5.67. The van der Waals surface area contributed by atoms with E-state index in [1.165, 1.54) is 0 Å². The molecule has 0 aliphatic heterocycles. The van der Waals surface area contributed by atoms with Crippen molar-refractivity contribution in [2.75, 3.05) is 19.6 Å². The van der Waals surface area contributed by atoms with Gasteiger partial charge in [-0.15, -0.1) is 0 Å². The third kappa shape index (κ3) is 11.5. The van der Waals surface area contributed by atoms with Crippen molar-refractivity contribution in [2.45, 2.75) is 66.1 Å². The molecular formula is C16H34N2O3. The second-order valence-electron chi connectivity index (χ2n) is 6.94. The molecule has 0 bridgehead atoms. The Balaban J connectivity index is 4.00. The summed E-state index contributed by atoms with van der Waals surface area (Å²) < 4.78 is 5.24. The zero-order valence-corrected chi connectivity index (χ0v) is 14.5. The van der Waals surface area contributed by atoms with E-state index in [9.17, 15) is 9.90 Å². The summed E-state index contributed by atoms with van der Waals surface area (Å²) in [6.07, 6.45) is 0.959. The predicted octanol–water partition coefficient (Wildman–Crippen LogP) is 2.53. The molecule has 5 nitrogen and oxygen atoms in total. The molecule has 0 rings (SSSR count). The van der Waals surface area contributed by atoms with Crippen molar-refractivity contribution in [3.8, 4) is 0 Å². The number of aliphatic hydroxyl groups is 1. The monoisotopic (exact) mass is 302 g/mol. The highest BCUT2D eigenvalue weighted by Crippen LogP contribution is 2.10. The van der Waals surface area contributed by atoms with E-state index in [2.05, 4.69) is 24.5 Å². The van der Waals surface area contributed by atoms with Crippen LogP contribution >= 0.6 is 0 Å². The third-order valence-electron chi connectivity index (χ3n) is 3.38. The molecule has 0 saturated carbocycles. The smallest absolute Gasteiger partial charge is 0.407 e. The zero-order chi connectivity index (χ0) is 16.5. The number of carbonyl (C=O) groups is 1. The number of rotatable bonds is 9. The number of carbonyl (C=O) groups excluding carboxylic acids is 1. The quantitative estimate of drug-likeness (QED) is 0.572. The first kappa shape index (κ1) is 20.2. The Hall–Kier alpha value is -0.810. The second-order valence-corrected chi connectivity index (χ2v) is 6.94. The number of nitrogens with one attached hydrogen (secondary N) is 2. The summed E-state index contributed by atoms with van der Waals surface area (Å²) in [5.41, 5.74) is -0.466. The summed E-state index contributed by atoms with van der Waals surface area (Å²) in [5, 5.41) is 15.7. The number of hydrogen-bond donors (Lipinski definition) is 3. The summed E-state index contributed by atoms with van der Waals surface area (Å²) >= 11 is 0.